The smallest absolute Gasteiger partial charge is 0.254 e. The van der Waals surface area contributed by atoms with Crippen molar-refractivity contribution < 1.29 is 4.79 Å². The first-order chi connectivity index (χ1) is 11.2. The Morgan fingerprint density at radius 3 is 2.61 bits per heavy atom. The zero-order chi connectivity index (χ0) is 16.1. The lowest BCUT2D eigenvalue weighted by molar-refractivity contribution is 0.0939. The minimum atomic E-state index is -0.157. The lowest BCUT2D eigenvalue weighted by Gasteiger charge is -2.12. The molecule has 5 nitrogen and oxygen atoms in total. The molecule has 0 spiro atoms. The van der Waals surface area contributed by atoms with Gasteiger partial charge in [0.25, 0.3) is 5.91 Å². The van der Waals surface area contributed by atoms with Crippen molar-refractivity contribution in [1.29, 1.82) is 0 Å². The molecule has 23 heavy (non-hydrogen) atoms. The Kier molecular flexibility index (Phi) is 4.73. The minimum absolute atomic E-state index is 0.0565. The van der Waals surface area contributed by atoms with Gasteiger partial charge in [-0.15, -0.1) is 11.3 Å². The van der Waals surface area contributed by atoms with E-state index in [-0.39, 0.29) is 11.9 Å². The highest BCUT2D eigenvalue weighted by molar-refractivity contribution is 7.09. The van der Waals surface area contributed by atoms with Crippen LogP contribution in [-0.2, 0) is 6.42 Å². The summed E-state index contributed by atoms with van der Waals surface area (Å²) >= 11 is 1.69. The molecule has 0 aliphatic carbocycles. The van der Waals surface area contributed by atoms with Gasteiger partial charge < -0.3 is 5.32 Å². The van der Waals surface area contributed by atoms with Gasteiger partial charge in [0.05, 0.1) is 5.56 Å². The van der Waals surface area contributed by atoms with Crippen molar-refractivity contribution in [3.8, 4) is 11.4 Å². The number of amides is 1. The standard InChI is InChI=1S/C17H16N4OS/c1-12(9-15-3-2-8-23-15)21-17(22)14-10-19-16(20-11-14)13-4-6-18-7-5-13/h2-8,10-12H,9H2,1H3,(H,21,22). The predicted octanol–water partition coefficient (Wildman–Crippen LogP) is 2.96. The first kappa shape index (κ1) is 15.3. The van der Waals surface area contributed by atoms with E-state index < -0.39 is 0 Å². The van der Waals surface area contributed by atoms with E-state index in [1.807, 2.05) is 30.5 Å². The van der Waals surface area contributed by atoms with Crippen molar-refractivity contribution in [3.05, 3.63) is 64.9 Å². The van der Waals surface area contributed by atoms with Gasteiger partial charge in [-0.3, -0.25) is 9.78 Å². The van der Waals surface area contributed by atoms with Crippen LogP contribution in [0.4, 0.5) is 0 Å². The lowest BCUT2D eigenvalue weighted by Crippen LogP contribution is -2.34. The number of nitrogens with one attached hydrogen (secondary N) is 1. The van der Waals surface area contributed by atoms with Crippen LogP contribution in [0.2, 0.25) is 0 Å². The summed E-state index contributed by atoms with van der Waals surface area (Å²) in [6.07, 6.45) is 7.29. The van der Waals surface area contributed by atoms with Crippen LogP contribution >= 0.6 is 11.3 Å². The summed E-state index contributed by atoms with van der Waals surface area (Å²) in [5, 5.41) is 5.01. The van der Waals surface area contributed by atoms with Crippen LogP contribution in [0.3, 0.4) is 0 Å². The molecule has 3 aromatic heterocycles. The molecule has 1 atom stereocenters. The second kappa shape index (κ2) is 7.11. The SMILES string of the molecule is CC(Cc1cccs1)NC(=O)c1cnc(-c2ccncc2)nc1. The Morgan fingerprint density at radius 1 is 1.22 bits per heavy atom. The van der Waals surface area contributed by atoms with Crippen LogP contribution < -0.4 is 5.32 Å². The van der Waals surface area contributed by atoms with E-state index in [0.29, 0.717) is 11.4 Å². The number of pyridine rings is 1. The van der Waals surface area contributed by atoms with Crippen LogP contribution in [0, 0.1) is 0 Å². The topological polar surface area (TPSA) is 67.8 Å². The van der Waals surface area contributed by atoms with Crippen molar-refractivity contribution >= 4 is 17.2 Å². The molecule has 0 fully saturated rings. The molecule has 0 radical (unpaired) electrons. The number of hydrogen-bond donors (Lipinski definition) is 1. The molecule has 116 valence electrons. The molecule has 0 saturated heterocycles. The minimum Gasteiger partial charge on any atom is -0.349 e. The number of hydrogen-bond acceptors (Lipinski definition) is 5. The van der Waals surface area contributed by atoms with Crippen LogP contribution in [0.25, 0.3) is 11.4 Å². The van der Waals surface area contributed by atoms with Gasteiger partial charge in [0.1, 0.15) is 0 Å². The maximum atomic E-state index is 12.2. The van der Waals surface area contributed by atoms with E-state index in [2.05, 4.69) is 26.3 Å². The van der Waals surface area contributed by atoms with Crippen LogP contribution in [0.1, 0.15) is 22.2 Å². The zero-order valence-corrected chi connectivity index (χ0v) is 13.5. The molecule has 0 aromatic carbocycles. The molecule has 3 rings (SSSR count). The monoisotopic (exact) mass is 324 g/mol. The fraction of sp³-hybridized carbons (Fsp3) is 0.176. The van der Waals surface area contributed by atoms with E-state index in [9.17, 15) is 4.79 Å². The molecular formula is C17H16N4OS. The predicted molar refractivity (Wildman–Crippen MR) is 90.2 cm³/mol. The molecule has 0 bridgehead atoms. The molecule has 1 unspecified atom stereocenters. The Hall–Kier alpha value is -2.60. The highest BCUT2D eigenvalue weighted by atomic mass is 32.1. The molecule has 0 aliphatic rings. The van der Waals surface area contributed by atoms with E-state index in [1.54, 1.807) is 36.1 Å². The molecule has 1 amide bonds. The molecule has 0 aliphatic heterocycles. The van der Waals surface area contributed by atoms with Crippen molar-refractivity contribution in [3.63, 3.8) is 0 Å². The number of carbonyl (C=O) groups is 1. The quantitative estimate of drug-likeness (QED) is 0.783. The molecule has 0 saturated carbocycles. The number of aromatic nitrogens is 3. The summed E-state index contributed by atoms with van der Waals surface area (Å²) < 4.78 is 0. The summed E-state index contributed by atoms with van der Waals surface area (Å²) in [6, 6.07) is 7.80. The Balaban J connectivity index is 1.63. The van der Waals surface area contributed by atoms with Crippen molar-refractivity contribution in [1.82, 2.24) is 20.3 Å². The third-order valence-electron chi connectivity index (χ3n) is 3.32. The summed E-state index contributed by atoms with van der Waals surface area (Å²) in [4.78, 5) is 26.0. The summed E-state index contributed by atoms with van der Waals surface area (Å²) in [7, 11) is 0. The number of carbonyl (C=O) groups excluding carboxylic acids is 1. The zero-order valence-electron chi connectivity index (χ0n) is 12.6. The van der Waals surface area contributed by atoms with E-state index in [1.165, 1.54) is 4.88 Å². The second-order valence-electron chi connectivity index (χ2n) is 5.19. The van der Waals surface area contributed by atoms with E-state index in [4.69, 9.17) is 0 Å². The van der Waals surface area contributed by atoms with Gasteiger partial charge in [-0.25, -0.2) is 9.97 Å². The summed E-state index contributed by atoms with van der Waals surface area (Å²) in [5.74, 6) is 0.422. The third kappa shape index (κ3) is 3.98. The fourth-order valence-corrected chi connectivity index (χ4v) is 3.02. The molecular weight excluding hydrogens is 308 g/mol. The van der Waals surface area contributed by atoms with Gasteiger partial charge >= 0.3 is 0 Å². The normalized spacial score (nSPS) is 11.9. The Labute approximate surface area is 138 Å². The largest absolute Gasteiger partial charge is 0.349 e. The summed E-state index contributed by atoms with van der Waals surface area (Å²) in [6.45, 7) is 1.99. The van der Waals surface area contributed by atoms with Crippen LogP contribution in [0.15, 0.2) is 54.4 Å². The van der Waals surface area contributed by atoms with E-state index >= 15 is 0 Å². The number of rotatable bonds is 5. The fourth-order valence-electron chi connectivity index (χ4n) is 2.18. The van der Waals surface area contributed by atoms with Gasteiger partial charge in [-0.2, -0.15) is 0 Å². The molecule has 1 N–H and O–H groups in total. The van der Waals surface area contributed by atoms with Crippen LogP contribution in [0.5, 0.6) is 0 Å². The van der Waals surface area contributed by atoms with Gasteiger partial charge in [0, 0.05) is 47.7 Å². The van der Waals surface area contributed by atoms with Gasteiger partial charge in [0.15, 0.2) is 5.82 Å². The molecule has 3 heterocycles. The third-order valence-corrected chi connectivity index (χ3v) is 4.22. The Bertz CT molecular complexity index is 757. The molecule has 6 heteroatoms. The average molecular weight is 324 g/mol. The van der Waals surface area contributed by atoms with Gasteiger partial charge in [-0.1, -0.05) is 6.07 Å². The van der Waals surface area contributed by atoms with Crippen molar-refractivity contribution in [2.24, 2.45) is 0 Å². The Morgan fingerprint density at radius 2 is 1.96 bits per heavy atom. The molecule has 3 aromatic rings. The maximum absolute atomic E-state index is 12.2. The average Bonchev–Trinajstić information content (AvgIpc) is 3.08. The first-order valence-electron chi connectivity index (χ1n) is 7.28. The highest BCUT2D eigenvalue weighted by Gasteiger charge is 2.12. The summed E-state index contributed by atoms with van der Waals surface area (Å²) in [5.41, 5.74) is 1.33. The van der Waals surface area contributed by atoms with Crippen molar-refractivity contribution in [2.75, 3.05) is 0 Å². The van der Waals surface area contributed by atoms with Crippen LogP contribution in [-0.4, -0.2) is 26.9 Å². The second-order valence-corrected chi connectivity index (χ2v) is 6.22. The van der Waals surface area contributed by atoms with E-state index in [0.717, 1.165) is 12.0 Å². The lowest BCUT2D eigenvalue weighted by atomic mass is 10.2. The van der Waals surface area contributed by atoms with Gasteiger partial charge in [-0.05, 0) is 30.5 Å². The number of thiophene rings is 1. The van der Waals surface area contributed by atoms with Crippen molar-refractivity contribution in [2.45, 2.75) is 19.4 Å². The number of nitrogens with zero attached hydrogens (tertiary/aromatic N) is 3. The van der Waals surface area contributed by atoms with Gasteiger partial charge in [0.2, 0.25) is 0 Å². The maximum Gasteiger partial charge on any atom is 0.254 e. The highest BCUT2D eigenvalue weighted by Crippen LogP contribution is 2.13. The first-order valence-corrected chi connectivity index (χ1v) is 8.16.